The van der Waals surface area contributed by atoms with Crippen molar-refractivity contribution in [2.24, 2.45) is 0 Å². The van der Waals surface area contributed by atoms with Crippen LogP contribution in [-0.4, -0.2) is 49.3 Å². The molecule has 0 saturated heterocycles. The molecule has 0 radical (unpaired) electrons. The average Bonchev–Trinajstić information content (AvgIpc) is 2.69. The normalized spacial score (nSPS) is 11.5. The van der Waals surface area contributed by atoms with Crippen LogP contribution >= 0.6 is 0 Å². The van der Waals surface area contributed by atoms with Gasteiger partial charge in [-0.25, -0.2) is 4.39 Å². The van der Waals surface area contributed by atoms with Crippen molar-refractivity contribution in [2.75, 3.05) is 37.3 Å². The molecule has 0 saturated carbocycles. The molecule has 8 heteroatoms. The van der Waals surface area contributed by atoms with Gasteiger partial charge in [0, 0.05) is 30.4 Å². The van der Waals surface area contributed by atoms with E-state index in [0.717, 1.165) is 10.5 Å². The Balaban J connectivity index is 1.85. The van der Waals surface area contributed by atoms with E-state index in [1.54, 1.807) is 36.4 Å². The maximum absolute atomic E-state index is 13.0. The maximum Gasteiger partial charge on any atom is 0.278 e. The number of hydrogen-bond acceptors (Lipinski definition) is 3. The number of amides is 3. The fraction of sp³-hybridized carbons (Fsp3) is 0.318. The van der Waals surface area contributed by atoms with Gasteiger partial charge >= 0.3 is 0 Å². The number of rotatable bonds is 9. The van der Waals surface area contributed by atoms with Crippen molar-refractivity contribution >= 4 is 29.1 Å². The Bertz CT molecular complexity index is 869. The highest BCUT2D eigenvalue weighted by molar-refractivity contribution is 5.95. The van der Waals surface area contributed by atoms with E-state index in [2.05, 4.69) is 10.6 Å². The van der Waals surface area contributed by atoms with Crippen molar-refractivity contribution in [3.63, 3.8) is 0 Å². The summed E-state index contributed by atoms with van der Waals surface area (Å²) in [7, 11) is 1.88. The Morgan fingerprint density at radius 1 is 0.967 bits per heavy atom. The number of quaternary nitrogens is 1. The predicted molar refractivity (Wildman–Crippen MR) is 113 cm³/mol. The van der Waals surface area contributed by atoms with E-state index in [-0.39, 0.29) is 36.6 Å². The molecule has 2 rings (SSSR count). The molecule has 3 N–H and O–H groups in total. The van der Waals surface area contributed by atoms with Gasteiger partial charge in [-0.2, -0.15) is 0 Å². The number of likely N-dealkylation sites (N-methyl/N-ethyl adjacent to an activating group) is 2. The van der Waals surface area contributed by atoms with Crippen LogP contribution in [0, 0.1) is 5.82 Å². The van der Waals surface area contributed by atoms with Gasteiger partial charge in [-0.3, -0.25) is 14.4 Å². The van der Waals surface area contributed by atoms with E-state index in [1.807, 2.05) is 14.0 Å². The van der Waals surface area contributed by atoms with E-state index in [9.17, 15) is 18.8 Å². The van der Waals surface area contributed by atoms with Crippen molar-refractivity contribution in [2.45, 2.75) is 20.4 Å². The van der Waals surface area contributed by atoms with Crippen molar-refractivity contribution in [3.8, 4) is 0 Å². The molecule has 2 aromatic carbocycles. The number of carbonyl (C=O) groups is 3. The molecule has 0 aliphatic rings. The molecule has 0 aromatic heterocycles. The largest absolute Gasteiger partial charge is 0.329 e. The average molecular weight is 415 g/mol. The molecular weight excluding hydrogens is 387 g/mol. The van der Waals surface area contributed by atoms with Crippen LogP contribution in [0.5, 0.6) is 0 Å². The van der Waals surface area contributed by atoms with Gasteiger partial charge in [0.2, 0.25) is 11.8 Å². The first-order valence-electron chi connectivity index (χ1n) is 9.78. The lowest BCUT2D eigenvalue weighted by atomic mass is 10.2. The second-order valence-electron chi connectivity index (χ2n) is 7.15. The van der Waals surface area contributed by atoms with Gasteiger partial charge < -0.3 is 20.4 Å². The highest BCUT2D eigenvalue weighted by atomic mass is 19.1. The van der Waals surface area contributed by atoms with Gasteiger partial charge in [-0.05, 0) is 43.3 Å². The van der Waals surface area contributed by atoms with Crippen LogP contribution in [0.15, 0.2) is 48.5 Å². The molecule has 0 fully saturated rings. The number of carbonyl (C=O) groups excluding carboxylic acids is 3. The Morgan fingerprint density at radius 2 is 1.53 bits per heavy atom. The van der Waals surface area contributed by atoms with Gasteiger partial charge in [-0.15, -0.1) is 0 Å². The van der Waals surface area contributed by atoms with Crippen molar-refractivity contribution in [3.05, 3.63) is 59.9 Å². The number of nitrogens with one attached hydrogen (secondary N) is 3. The smallest absolute Gasteiger partial charge is 0.278 e. The molecule has 1 unspecified atom stereocenters. The lowest BCUT2D eigenvalue weighted by molar-refractivity contribution is -0.885. The van der Waals surface area contributed by atoms with E-state index in [1.165, 1.54) is 24.0 Å². The lowest BCUT2D eigenvalue weighted by Gasteiger charge is -2.22. The first-order valence-corrected chi connectivity index (χ1v) is 9.78. The van der Waals surface area contributed by atoms with Crippen molar-refractivity contribution in [1.29, 1.82) is 0 Å². The van der Waals surface area contributed by atoms with Crippen LogP contribution < -0.4 is 15.5 Å². The molecule has 2 aromatic rings. The van der Waals surface area contributed by atoms with Gasteiger partial charge in [0.1, 0.15) is 18.9 Å². The van der Waals surface area contributed by atoms with Crippen molar-refractivity contribution < 1.29 is 23.7 Å². The predicted octanol–water partition coefficient (Wildman–Crippen LogP) is 1.29. The zero-order valence-electron chi connectivity index (χ0n) is 17.5. The third-order valence-electron chi connectivity index (χ3n) is 4.43. The first-order chi connectivity index (χ1) is 14.3. The zero-order chi connectivity index (χ0) is 22.1. The highest BCUT2D eigenvalue weighted by Gasteiger charge is 2.19. The maximum atomic E-state index is 13.0. The van der Waals surface area contributed by atoms with Crippen LogP contribution in [0.2, 0.25) is 0 Å². The standard InChI is InChI=1S/C22H27FN4O3/c1-4-27(22(30)15-26(3)13-17-5-7-18(23)8-6-17)14-21(29)25-20-11-9-19(10-12-20)24-16(2)28/h5-12H,4,13-15H2,1-3H3,(H,24,28)(H,25,29)/p+1. The molecule has 3 amide bonds. The van der Waals surface area contributed by atoms with Gasteiger partial charge in [-0.1, -0.05) is 12.1 Å². The SMILES string of the molecule is CCN(CC(=O)Nc1ccc(NC(C)=O)cc1)C(=O)C[NH+](C)Cc1ccc(F)cc1. The summed E-state index contributed by atoms with van der Waals surface area (Å²) < 4.78 is 13.0. The van der Waals surface area contributed by atoms with E-state index in [0.29, 0.717) is 24.5 Å². The number of halogens is 1. The lowest BCUT2D eigenvalue weighted by Crippen LogP contribution is -3.08. The van der Waals surface area contributed by atoms with Crippen LogP contribution in [0.25, 0.3) is 0 Å². The summed E-state index contributed by atoms with van der Waals surface area (Å²) in [6.07, 6.45) is 0. The highest BCUT2D eigenvalue weighted by Crippen LogP contribution is 2.13. The van der Waals surface area contributed by atoms with Gasteiger partial charge in [0.25, 0.3) is 5.91 Å². The number of hydrogen-bond donors (Lipinski definition) is 3. The third kappa shape index (κ3) is 7.63. The minimum Gasteiger partial charge on any atom is -0.329 e. The second-order valence-corrected chi connectivity index (χ2v) is 7.15. The van der Waals surface area contributed by atoms with Crippen LogP contribution in [-0.2, 0) is 20.9 Å². The van der Waals surface area contributed by atoms with Gasteiger partial charge in [0.05, 0.1) is 7.05 Å². The Kier molecular flexibility index (Phi) is 8.49. The van der Waals surface area contributed by atoms with E-state index < -0.39 is 0 Å². The molecule has 0 heterocycles. The fourth-order valence-corrected chi connectivity index (χ4v) is 2.97. The minimum absolute atomic E-state index is 0.0490. The number of benzene rings is 2. The second kappa shape index (κ2) is 11.1. The van der Waals surface area contributed by atoms with Crippen LogP contribution in [0.4, 0.5) is 15.8 Å². The molecule has 0 aliphatic carbocycles. The van der Waals surface area contributed by atoms with Crippen LogP contribution in [0.3, 0.4) is 0 Å². The monoisotopic (exact) mass is 415 g/mol. The molecule has 30 heavy (non-hydrogen) atoms. The molecular formula is C22H28FN4O3+. The molecule has 0 spiro atoms. The summed E-state index contributed by atoms with van der Waals surface area (Å²) >= 11 is 0. The molecule has 0 aliphatic heterocycles. The van der Waals surface area contributed by atoms with Gasteiger partial charge in [0.15, 0.2) is 6.54 Å². The Hall–Kier alpha value is -3.26. The Labute approximate surface area is 175 Å². The molecule has 160 valence electrons. The van der Waals surface area contributed by atoms with Crippen LogP contribution in [0.1, 0.15) is 19.4 Å². The van der Waals surface area contributed by atoms with E-state index in [4.69, 9.17) is 0 Å². The molecule has 0 bridgehead atoms. The topological polar surface area (TPSA) is 83.0 Å². The fourth-order valence-electron chi connectivity index (χ4n) is 2.97. The summed E-state index contributed by atoms with van der Waals surface area (Å²) in [5.74, 6) is -0.891. The van der Waals surface area contributed by atoms with E-state index >= 15 is 0 Å². The summed E-state index contributed by atoms with van der Waals surface area (Å²) in [4.78, 5) is 38.4. The summed E-state index contributed by atoms with van der Waals surface area (Å²) in [6.45, 7) is 4.41. The third-order valence-corrected chi connectivity index (χ3v) is 4.43. The Morgan fingerprint density at radius 3 is 2.07 bits per heavy atom. The zero-order valence-corrected chi connectivity index (χ0v) is 17.5. The summed E-state index contributed by atoms with van der Waals surface area (Å²) in [6, 6.07) is 12.9. The number of nitrogens with zero attached hydrogens (tertiary/aromatic N) is 1. The minimum atomic E-state index is -0.298. The number of anilines is 2. The van der Waals surface area contributed by atoms with Crippen molar-refractivity contribution in [1.82, 2.24) is 4.90 Å². The molecule has 1 atom stereocenters. The first kappa shape index (κ1) is 23.0. The summed E-state index contributed by atoms with van der Waals surface area (Å²) in [5, 5.41) is 5.41. The summed E-state index contributed by atoms with van der Waals surface area (Å²) in [5.41, 5.74) is 2.15. The quantitative estimate of drug-likeness (QED) is 0.577. The molecule has 7 nitrogen and oxygen atoms in total.